The topological polar surface area (TPSA) is 46.3 Å². The van der Waals surface area contributed by atoms with Crippen molar-refractivity contribution in [1.82, 2.24) is 9.88 Å². The van der Waals surface area contributed by atoms with E-state index in [1.807, 2.05) is 38.1 Å². The van der Waals surface area contributed by atoms with Crippen molar-refractivity contribution < 1.29 is 9.21 Å². The van der Waals surface area contributed by atoms with Gasteiger partial charge in [-0.25, -0.2) is 4.98 Å². The Bertz CT molecular complexity index is 830. The number of aromatic nitrogens is 1. The molecule has 0 fully saturated rings. The molecule has 2 heterocycles. The van der Waals surface area contributed by atoms with Gasteiger partial charge in [0, 0.05) is 13.1 Å². The van der Waals surface area contributed by atoms with Gasteiger partial charge in [-0.05, 0) is 38.1 Å². The summed E-state index contributed by atoms with van der Waals surface area (Å²) in [5.41, 5.74) is 1.88. The van der Waals surface area contributed by atoms with Crippen molar-refractivity contribution in [2.45, 2.75) is 13.8 Å². The molecule has 1 amide bonds. The number of thiazole rings is 1. The van der Waals surface area contributed by atoms with E-state index in [1.165, 1.54) is 0 Å². The van der Waals surface area contributed by atoms with Gasteiger partial charge in [0.05, 0.1) is 10.2 Å². The third-order valence-corrected chi connectivity index (χ3v) is 4.50. The molecule has 0 radical (unpaired) electrons. The van der Waals surface area contributed by atoms with Crippen LogP contribution in [0.3, 0.4) is 0 Å². The Balaban J connectivity index is 1.87. The second-order valence-corrected chi connectivity index (χ2v) is 6.46. The summed E-state index contributed by atoms with van der Waals surface area (Å²) in [6.07, 6.45) is 0. The highest BCUT2D eigenvalue weighted by Crippen LogP contribution is 2.31. The Morgan fingerprint density at radius 1 is 1.30 bits per heavy atom. The highest BCUT2D eigenvalue weighted by Gasteiger charge is 2.19. The number of fused-ring (bicyclic) bond motifs is 1. The van der Waals surface area contributed by atoms with Crippen LogP contribution in [0.15, 0.2) is 53.0 Å². The van der Waals surface area contributed by atoms with Crippen molar-refractivity contribution in [3.63, 3.8) is 0 Å². The van der Waals surface area contributed by atoms with Gasteiger partial charge in [-0.2, -0.15) is 0 Å². The van der Waals surface area contributed by atoms with E-state index >= 15 is 0 Å². The van der Waals surface area contributed by atoms with Crippen LogP contribution in [0.2, 0.25) is 0 Å². The van der Waals surface area contributed by atoms with Crippen molar-refractivity contribution in [3.8, 4) is 10.8 Å². The number of para-hydroxylation sites is 1. The zero-order valence-electron chi connectivity index (χ0n) is 13.2. The van der Waals surface area contributed by atoms with Crippen molar-refractivity contribution in [1.29, 1.82) is 0 Å². The maximum absolute atomic E-state index is 12.5. The number of amides is 1. The minimum atomic E-state index is -0.122. The second-order valence-electron chi connectivity index (χ2n) is 5.43. The van der Waals surface area contributed by atoms with E-state index in [4.69, 9.17) is 4.42 Å². The number of carbonyl (C=O) groups is 1. The summed E-state index contributed by atoms with van der Waals surface area (Å²) >= 11 is 1.56. The van der Waals surface area contributed by atoms with Gasteiger partial charge in [0.25, 0.3) is 5.91 Å². The number of hydrogen-bond donors (Lipinski definition) is 0. The summed E-state index contributed by atoms with van der Waals surface area (Å²) < 4.78 is 6.85. The van der Waals surface area contributed by atoms with E-state index < -0.39 is 0 Å². The van der Waals surface area contributed by atoms with Gasteiger partial charge in [0.1, 0.15) is 0 Å². The van der Waals surface area contributed by atoms with Crippen molar-refractivity contribution in [3.05, 3.63) is 54.3 Å². The van der Waals surface area contributed by atoms with Crippen LogP contribution in [0, 0.1) is 0 Å². The number of nitrogens with zero attached hydrogens (tertiary/aromatic N) is 2. The summed E-state index contributed by atoms with van der Waals surface area (Å²) in [6.45, 7) is 8.86. The lowest BCUT2D eigenvalue weighted by atomic mass is 10.3. The third kappa shape index (κ3) is 3.19. The predicted molar refractivity (Wildman–Crippen MR) is 93.7 cm³/mol. The van der Waals surface area contributed by atoms with E-state index in [1.54, 1.807) is 28.4 Å². The molecule has 1 aromatic carbocycles. The minimum Gasteiger partial charge on any atom is -0.448 e. The molecule has 0 aliphatic heterocycles. The quantitative estimate of drug-likeness (QED) is 0.644. The highest BCUT2D eigenvalue weighted by molar-refractivity contribution is 7.21. The molecule has 0 atom stereocenters. The third-order valence-electron chi connectivity index (χ3n) is 3.45. The standard InChI is InChI=1S/C18H18N2O2S/c1-4-20(11-12(2)3)18(21)15-10-9-14(22-15)17-19-13-7-5-6-8-16(13)23-17/h5-10H,2,4,11H2,1,3H3. The van der Waals surface area contributed by atoms with Crippen molar-refractivity contribution in [2.24, 2.45) is 0 Å². The Morgan fingerprint density at radius 3 is 2.78 bits per heavy atom. The summed E-state index contributed by atoms with van der Waals surface area (Å²) in [6, 6.07) is 11.5. The normalized spacial score (nSPS) is 10.9. The molecule has 0 bridgehead atoms. The number of furan rings is 1. The summed E-state index contributed by atoms with van der Waals surface area (Å²) in [4.78, 5) is 18.8. The average molecular weight is 326 g/mol. The van der Waals surface area contributed by atoms with E-state index in [0.29, 0.717) is 24.6 Å². The van der Waals surface area contributed by atoms with Gasteiger partial charge >= 0.3 is 0 Å². The number of likely N-dealkylation sites (N-methyl/N-ethyl adjacent to an activating group) is 1. The summed E-state index contributed by atoms with van der Waals surface area (Å²) in [7, 11) is 0. The van der Waals surface area contributed by atoms with Gasteiger partial charge < -0.3 is 9.32 Å². The Hall–Kier alpha value is -2.40. The molecule has 0 aliphatic carbocycles. The molecule has 3 aromatic rings. The molecule has 0 spiro atoms. The smallest absolute Gasteiger partial charge is 0.289 e. The van der Waals surface area contributed by atoms with Crippen LogP contribution in [0.1, 0.15) is 24.4 Å². The molecular formula is C18H18N2O2S. The first-order chi connectivity index (χ1) is 11.1. The first-order valence-electron chi connectivity index (χ1n) is 7.48. The molecule has 4 nitrogen and oxygen atoms in total. The van der Waals surface area contributed by atoms with E-state index in [9.17, 15) is 4.79 Å². The van der Waals surface area contributed by atoms with Crippen molar-refractivity contribution in [2.75, 3.05) is 13.1 Å². The first-order valence-corrected chi connectivity index (χ1v) is 8.29. The Labute approximate surface area is 139 Å². The maximum Gasteiger partial charge on any atom is 0.289 e. The lowest BCUT2D eigenvalue weighted by Crippen LogP contribution is -2.31. The highest BCUT2D eigenvalue weighted by atomic mass is 32.1. The molecule has 0 aliphatic rings. The Morgan fingerprint density at radius 2 is 2.09 bits per heavy atom. The Kier molecular flexibility index (Phi) is 4.30. The number of benzene rings is 1. The molecule has 2 aromatic heterocycles. The summed E-state index contributed by atoms with van der Waals surface area (Å²) in [5, 5.41) is 0.785. The molecule has 0 unspecified atom stereocenters. The molecule has 23 heavy (non-hydrogen) atoms. The van der Waals surface area contributed by atoms with Gasteiger partial charge in [0.2, 0.25) is 0 Å². The van der Waals surface area contributed by atoms with Gasteiger partial charge in [-0.3, -0.25) is 4.79 Å². The zero-order valence-corrected chi connectivity index (χ0v) is 14.0. The van der Waals surface area contributed by atoms with Crippen LogP contribution in [0.4, 0.5) is 0 Å². The number of hydrogen-bond acceptors (Lipinski definition) is 4. The van der Waals surface area contributed by atoms with Crippen LogP contribution in [0.25, 0.3) is 21.0 Å². The largest absolute Gasteiger partial charge is 0.448 e. The lowest BCUT2D eigenvalue weighted by molar-refractivity contribution is 0.0747. The maximum atomic E-state index is 12.5. The van der Waals surface area contributed by atoms with Gasteiger partial charge in [-0.15, -0.1) is 11.3 Å². The predicted octanol–water partition coefficient (Wildman–Crippen LogP) is 4.59. The average Bonchev–Trinajstić information content (AvgIpc) is 3.17. The first kappa shape index (κ1) is 15.5. The van der Waals surface area contributed by atoms with E-state index in [-0.39, 0.29) is 5.91 Å². The monoisotopic (exact) mass is 326 g/mol. The fourth-order valence-electron chi connectivity index (χ4n) is 2.35. The molecule has 118 valence electrons. The van der Waals surface area contributed by atoms with Gasteiger partial charge in [-0.1, -0.05) is 24.3 Å². The van der Waals surface area contributed by atoms with Crippen molar-refractivity contribution >= 4 is 27.5 Å². The molecule has 3 rings (SSSR count). The fourth-order valence-corrected chi connectivity index (χ4v) is 3.28. The van der Waals surface area contributed by atoms with Gasteiger partial charge in [0.15, 0.2) is 16.5 Å². The zero-order chi connectivity index (χ0) is 16.4. The fraction of sp³-hybridized carbons (Fsp3) is 0.222. The summed E-state index contributed by atoms with van der Waals surface area (Å²) in [5.74, 6) is 0.839. The van der Waals surface area contributed by atoms with Crippen LogP contribution < -0.4 is 0 Å². The van der Waals surface area contributed by atoms with Crippen LogP contribution >= 0.6 is 11.3 Å². The number of rotatable bonds is 5. The molecule has 0 saturated carbocycles. The minimum absolute atomic E-state index is 0.122. The van der Waals surface area contributed by atoms with E-state index in [2.05, 4.69) is 11.6 Å². The SMILES string of the molecule is C=C(C)CN(CC)C(=O)c1ccc(-c2nc3ccccc3s2)o1. The van der Waals surface area contributed by atoms with Crippen LogP contribution in [-0.2, 0) is 0 Å². The number of carbonyl (C=O) groups excluding carboxylic acids is 1. The van der Waals surface area contributed by atoms with Crippen LogP contribution in [-0.4, -0.2) is 28.9 Å². The lowest BCUT2D eigenvalue weighted by Gasteiger charge is -2.19. The molecular weight excluding hydrogens is 308 g/mol. The second kappa shape index (κ2) is 6.38. The molecule has 0 saturated heterocycles. The van der Waals surface area contributed by atoms with Crippen LogP contribution in [0.5, 0.6) is 0 Å². The molecule has 0 N–H and O–H groups in total. The van der Waals surface area contributed by atoms with E-state index in [0.717, 1.165) is 20.8 Å². The molecule has 5 heteroatoms.